The Bertz CT molecular complexity index is 434. The van der Waals surface area contributed by atoms with Gasteiger partial charge in [-0.05, 0) is 35.8 Å². The van der Waals surface area contributed by atoms with Crippen LogP contribution in [0.5, 0.6) is 0 Å². The molecule has 0 aromatic heterocycles. The standard InChI is InChI=1S/C14H17N/c1-2-15-10-9-12-7-8-13-5-3-4-6-14(13)11-12/h3-8,11,15H,2,9-10H2,1H3. The van der Waals surface area contributed by atoms with Crippen LogP contribution >= 0.6 is 0 Å². The van der Waals surface area contributed by atoms with Gasteiger partial charge in [-0.3, -0.25) is 0 Å². The van der Waals surface area contributed by atoms with Crippen LogP contribution in [0.15, 0.2) is 42.5 Å². The summed E-state index contributed by atoms with van der Waals surface area (Å²) in [6.45, 7) is 4.25. The van der Waals surface area contributed by atoms with E-state index < -0.39 is 0 Å². The Morgan fingerprint density at radius 3 is 2.60 bits per heavy atom. The van der Waals surface area contributed by atoms with Gasteiger partial charge in [0.2, 0.25) is 0 Å². The van der Waals surface area contributed by atoms with Crippen LogP contribution in [0.4, 0.5) is 0 Å². The minimum absolute atomic E-state index is 1.05. The highest BCUT2D eigenvalue weighted by atomic mass is 14.8. The molecule has 0 heterocycles. The van der Waals surface area contributed by atoms with Gasteiger partial charge in [0.25, 0.3) is 0 Å². The van der Waals surface area contributed by atoms with E-state index in [2.05, 4.69) is 54.7 Å². The Morgan fingerprint density at radius 1 is 1.00 bits per heavy atom. The smallest absolute Gasteiger partial charge is 0.000846 e. The maximum Gasteiger partial charge on any atom is -0.000846 e. The zero-order valence-electron chi connectivity index (χ0n) is 9.16. The van der Waals surface area contributed by atoms with Gasteiger partial charge in [-0.2, -0.15) is 0 Å². The first-order valence-electron chi connectivity index (χ1n) is 5.58. The van der Waals surface area contributed by atoms with Gasteiger partial charge in [0, 0.05) is 0 Å². The fourth-order valence-electron chi connectivity index (χ4n) is 1.80. The van der Waals surface area contributed by atoms with Crippen molar-refractivity contribution in [2.75, 3.05) is 13.1 Å². The molecule has 0 aliphatic carbocycles. The summed E-state index contributed by atoms with van der Waals surface area (Å²) in [5, 5.41) is 6.01. The number of rotatable bonds is 4. The van der Waals surface area contributed by atoms with E-state index in [-0.39, 0.29) is 0 Å². The second-order valence-electron chi connectivity index (χ2n) is 3.79. The highest BCUT2D eigenvalue weighted by Crippen LogP contribution is 2.15. The monoisotopic (exact) mass is 199 g/mol. The second kappa shape index (κ2) is 4.94. The lowest BCUT2D eigenvalue weighted by atomic mass is 10.1. The van der Waals surface area contributed by atoms with Gasteiger partial charge in [-0.25, -0.2) is 0 Å². The van der Waals surface area contributed by atoms with Crippen molar-refractivity contribution in [3.05, 3.63) is 48.0 Å². The molecule has 0 spiro atoms. The minimum atomic E-state index is 1.05. The molecule has 0 saturated heterocycles. The highest BCUT2D eigenvalue weighted by molar-refractivity contribution is 5.82. The topological polar surface area (TPSA) is 12.0 Å². The molecule has 2 rings (SSSR count). The predicted molar refractivity (Wildman–Crippen MR) is 66.2 cm³/mol. The molecule has 0 atom stereocenters. The van der Waals surface area contributed by atoms with Gasteiger partial charge in [0.05, 0.1) is 0 Å². The molecular weight excluding hydrogens is 182 g/mol. The molecule has 0 saturated carbocycles. The third kappa shape index (κ3) is 2.57. The summed E-state index contributed by atoms with van der Waals surface area (Å²) in [5.74, 6) is 0. The molecule has 1 nitrogen and oxygen atoms in total. The summed E-state index contributed by atoms with van der Waals surface area (Å²) >= 11 is 0. The van der Waals surface area contributed by atoms with Crippen LogP contribution in [0, 0.1) is 0 Å². The van der Waals surface area contributed by atoms with E-state index in [0.717, 1.165) is 19.5 Å². The molecule has 2 aromatic carbocycles. The van der Waals surface area contributed by atoms with E-state index in [1.54, 1.807) is 0 Å². The van der Waals surface area contributed by atoms with Gasteiger partial charge in [0.15, 0.2) is 0 Å². The first kappa shape index (κ1) is 10.2. The van der Waals surface area contributed by atoms with Gasteiger partial charge in [-0.15, -0.1) is 0 Å². The molecule has 0 radical (unpaired) electrons. The lowest BCUT2D eigenvalue weighted by Gasteiger charge is -2.04. The predicted octanol–water partition coefficient (Wildman–Crippen LogP) is 2.99. The molecule has 78 valence electrons. The van der Waals surface area contributed by atoms with Crippen LogP contribution in [0.25, 0.3) is 10.8 Å². The van der Waals surface area contributed by atoms with Gasteiger partial charge in [-0.1, -0.05) is 49.4 Å². The zero-order chi connectivity index (χ0) is 10.5. The molecule has 15 heavy (non-hydrogen) atoms. The molecule has 0 aliphatic heterocycles. The summed E-state index contributed by atoms with van der Waals surface area (Å²) in [6, 6.07) is 15.2. The summed E-state index contributed by atoms with van der Waals surface area (Å²) < 4.78 is 0. The average Bonchev–Trinajstić information content (AvgIpc) is 2.29. The lowest BCUT2D eigenvalue weighted by Crippen LogP contribution is -2.15. The van der Waals surface area contributed by atoms with Crippen LogP contribution in [-0.2, 0) is 6.42 Å². The Balaban J connectivity index is 2.16. The van der Waals surface area contributed by atoms with Gasteiger partial charge < -0.3 is 5.32 Å². The van der Waals surface area contributed by atoms with E-state index in [9.17, 15) is 0 Å². The van der Waals surface area contributed by atoms with Crippen molar-refractivity contribution in [3.8, 4) is 0 Å². The van der Waals surface area contributed by atoms with Crippen molar-refractivity contribution in [1.82, 2.24) is 5.32 Å². The quantitative estimate of drug-likeness (QED) is 0.746. The highest BCUT2D eigenvalue weighted by Gasteiger charge is 1.95. The molecule has 1 heteroatoms. The van der Waals surface area contributed by atoms with Crippen molar-refractivity contribution >= 4 is 10.8 Å². The number of nitrogens with one attached hydrogen (secondary N) is 1. The summed E-state index contributed by atoms with van der Waals surface area (Å²) in [5.41, 5.74) is 1.41. The molecular formula is C14H17N. The lowest BCUT2D eigenvalue weighted by molar-refractivity contribution is 0.717. The second-order valence-corrected chi connectivity index (χ2v) is 3.79. The summed E-state index contributed by atoms with van der Waals surface area (Å²) in [6.07, 6.45) is 1.11. The van der Waals surface area contributed by atoms with Crippen LogP contribution in [-0.4, -0.2) is 13.1 Å². The largest absolute Gasteiger partial charge is 0.317 e. The third-order valence-electron chi connectivity index (χ3n) is 2.65. The fraction of sp³-hybridized carbons (Fsp3) is 0.286. The Hall–Kier alpha value is -1.34. The van der Waals surface area contributed by atoms with E-state index in [4.69, 9.17) is 0 Å². The van der Waals surface area contributed by atoms with Crippen molar-refractivity contribution in [2.24, 2.45) is 0 Å². The van der Waals surface area contributed by atoms with Gasteiger partial charge in [0.1, 0.15) is 0 Å². The van der Waals surface area contributed by atoms with Crippen molar-refractivity contribution in [3.63, 3.8) is 0 Å². The van der Waals surface area contributed by atoms with Crippen LogP contribution in [0.3, 0.4) is 0 Å². The molecule has 0 aliphatic rings. The van der Waals surface area contributed by atoms with E-state index in [1.165, 1.54) is 16.3 Å². The maximum absolute atomic E-state index is 3.34. The Kier molecular flexibility index (Phi) is 3.36. The average molecular weight is 199 g/mol. The van der Waals surface area contributed by atoms with E-state index in [1.807, 2.05) is 0 Å². The Morgan fingerprint density at radius 2 is 1.80 bits per heavy atom. The SMILES string of the molecule is CCNCCc1ccc2ccccc2c1. The third-order valence-corrected chi connectivity index (χ3v) is 2.65. The number of benzene rings is 2. The first-order chi connectivity index (χ1) is 7.40. The van der Waals surface area contributed by atoms with Crippen molar-refractivity contribution in [1.29, 1.82) is 0 Å². The number of fused-ring (bicyclic) bond motifs is 1. The van der Waals surface area contributed by atoms with Crippen LogP contribution in [0.1, 0.15) is 12.5 Å². The van der Waals surface area contributed by atoms with Crippen molar-refractivity contribution in [2.45, 2.75) is 13.3 Å². The number of likely N-dealkylation sites (N-methyl/N-ethyl adjacent to an activating group) is 1. The first-order valence-corrected chi connectivity index (χ1v) is 5.58. The molecule has 0 amide bonds. The van der Waals surface area contributed by atoms with Crippen LogP contribution in [0.2, 0.25) is 0 Å². The fourth-order valence-corrected chi connectivity index (χ4v) is 1.80. The summed E-state index contributed by atoms with van der Waals surface area (Å²) in [7, 11) is 0. The van der Waals surface area contributed by atoms with Crippen molar-refractivity contribution < 1.29 is 0 Å². The molecule has 0 fully saturated rings. The van der Waals surface area contributed by atoms with Crippen LogP contribution < -0.4 is 5.32 Å². The maximum atomic E-state index is 3.34. The number of hydrogen-bond acceptors (Lipinski definition) is 1. The zero-order valence-corrected chi connectivity index (χ0v) is 9.16. The Labute approximate surface area is 91.1 Å². The molecule has 2 aromatic rings. The van der Waals surface area contributed by atoms with Gasteiger partial charge >= 0.3 is 0 Å². The minimum Gasteiger partial charge on any atom is -0.317 e. The number of hydrogen-bond donors (Lipinski definition) is 1. The van der Waals surface area contributed by atoms with E-state index >= 15 is 0 Å². The normalized spacial score (nSPS) is 10.7. The molecule has 1 N–H and O–H groups in total. The summed E-state index contributed by atoms with van der Waals surface area (Å²) in [4.78, 5) is 0. The molecule has 0 unspecified atom stereocenters. The van der Waals surface area contributed by atoms with E-state index in [0.29, 0.717) is 0 Å². The molecule has 0 bridgehead atoms.